The molecule has 1 nitrogen and oxygen atoms in total. The Morgan fingerprint density at radius 1 is 1.00 bits per heavy atom. The van der Waals surface area contributed by atoms with E-state index in [2.05, 4.69) is 62.3 Å². The summed E-state index contributed by atoms with van der Waals surface area (Å²) in [5, 5.41) is 0. The highest BCUT2D eigenvalue weighted by atomic mass is 14.9. The summed E-state index contributed by atoms with van der Waals surface area (Å²) >= 11 is 0. The Balaban J connectivity index is 3.38. The minimum atomic E-state index is 0.337. The van der Waals surface area contributed by atoms with E-state index in [1.807, 2.05) is 0 Å². The highest BCUT2D eigenvalue weighted by Gasteiger charge is 2.47. The minimum Gasteiger partial charge on any atom is -0.289 e. The molecule has 3 atom stereocenters. The monoisotopic (exact) mass is 293 g/mol. The predicted octanol–water partition coefficient (Wildman–Crippen LogP) is 6.23. The largest absolute Gasteiger partial charge is 0.289 e. The van der Waals surface area contributed by atoms with Crippen molar-refractivity contribution >= 4 is 5.71 Å². The van der Waals surface area contributed by atoms with Crippen molar-refractivity contribution in [2.24, 2.45) is 40.0 Å². The van der Waals surface area contributed by atoms with Crippen molar-refractivity contribution in [3.63, 3.8) is 0 Å². The molecule has 0 saturated heterocycles. The molecule has 124 valence electrons. The lowest BCUT2D eigenvalue weighted by atomic mass is 9.58. The minimum absolute atomic E-state index is 0.337. The molecule has 3 unspecified atom stereocenters. The molecule has 21 heavy (non-hydrogen) atoms. The molecule has 0 N–H and O–H groups in total. The standard InChI is InChI=1S/C20H39N/c1-10-11-20(16(8)9)12-17(13(2)3)18(14(4)5)21-19(20)15(6)7/h13-18H,10-12H2,1-9H3. The lowest BCUT2D eigenvalue weighted by molar-refractivity contribution is 0.124. The predicted molar refractivity (Wildman–Crippen MR) is 96.0 cm³/mol. The van der Waals surface area contributed by atoms with Crippen LogP contribution in [0.5, 0.6) is 0 Å². The van der Waals surface area contributed by atoms with Crippen LogP contribution < -0.4 is 0 Å². The zero-order chi connectivity index (χ0) is 16.4. The number of nitrogens with zero attached hydrogens (tertiary/aromatic N) is 1. The molecule has 0 aliphatic carbocycles. The highest BCUT2D eigenvalue weighted by Crippen LogP contribution is 2.49. The summed E-state index contributed by atoms with van der Waals surface area (Å²) < 4.78 is 0. The second kappa shape index (κ2) is 7.29. The van der Waals surface area contributed by atoms with E-state index in [0.29, 0.717) is 29.2 Å². The van der Waals surface area contributed by atoms with Crippen molar-refractivity contribution < 1.29 is 0 Å². The van der Waals surface area contributed by atoms with Gasteiger partial charge in [0.05, 0.1) is 6.04 Å². The van der Waals surface area contributed by atoms with Gasteiger partial charge in [-0.15, -0.1) is 0 Å². The van der Waals surface area contributed by atoms with Gasteiger partial charge in [0.15, 0.2) is 0 Å². The number of rotatable bonds is 6. The van der Waals surface area contributed by atoms with E-state index >= 15 is 0 Å². The fourth-order valence-corrected chi connectivity index (χ4v) is 4.52. The van der Waals surface area contributed by atoms with Gasteiger partial charge in [-0.05, 0) is 42.4 Å². The maximum atomic E-state index is 5.39. The van der Waals surface area contributed by atoms with E-state index in [4.69, 9.17) is 4.99 Å². The number of hydrogen-bond acceptors (Lipinski definition) is 1. The van der Waals surface area contributed by atoms with Gasteiger partial charge >= 0.3 is 0 Å². The molecule has 0 saturated carbocycles. The second-order valence-electron chi connectivity index (χ2n) is 8.58. The van der Waals surface area contributed by atoms with E-state index < -0.39 is 0 Å². The molecule has 1 rings (SSSR count). The van der Waals surface area contributed by atoms with Crippen LogP contribution in [0.15, 0.2) is 4.99 Å². The van der Waals surface area contributed by atoms with Crippen molar-refractivity contribution in [1.82, 2.24) is 0 Å². The lowest BCUT2D eigenvalue weighted by Gasteiger charge is -2.50. The van der Waals surface area contributed by atoms with E-state index in [-0.39, 0.29) is 0 Å². The fraction of sp³-hybridized carbons (Fsp3) is 0.950. The van der Waals surface area contributed by atoms with Crippen LogP contribution in [0.1, 0.15) is 81.6 Å². The summed E-state index contributed by atoms with van der Waals surface area (Å²) in [6, 6.07) is 0.520. The van der Waals surface area contributed by atoms with Gasteiger partial charge in [-0.2, -0.15) is 0 Å². The van der Waals surface area contributed by atoms with Gasteiger partial charge in [0.1, 0.15) is 0 Å². The van der Waals surface area contributed by atoms with Crippen LogP contribution in [0.2, 0.25) is 0 Å². The molecule has 1 heterocycles. The molecule has 1 aliphatic rings. The molecule has 1 aliphatic heterocycles. The smallest absolute Gasteiger partial charge is 0.0553 e. The van der Waals surface area contributed by atoms with Gasteiger partial charge in [-0.1, -0.05) is 68.7 Å². The van der Waals surface area contributed by atoms with Crippen molar-refractivity contribution in [3.05, 3.63) is 0 Å². The molecule has 0 spiro atoms. The van der Waals surface area contributed by atoms with Gasteiger partial charge in [0, 0.05) is 11.1 Å². The fourth-order valence-electron chi connectivity index (χ4n) is 4.52. The van der Waals surface area contributed by atoms with Crippen molar-refractivity contribution in [3.8, 4) is 0 Å². The van der Waals surface area contributed by atoms with Gasteiger partial charge < -0.3 is 0 Å². The summed E-state index contributed by atoms with van der Waals surface area (Å²) in [6.07, 6.45) is 3.91. The average molecular weight is 294 g/mol. The van der Waals surface area contributed by atoms with Crippen LogP contribution >= 0.6 is 0 Å². The van der Waals surface area contributed by atoms with Gasteiger partial charge in [0.25, 0.3) is 0 Å². The zero-order valence-corrected chi connectivity index (χ0v) is 16.0. The first-order valence-corrected chi connectivity index (χ1v) is 9.25. The molecule has 0 fully saturated rings. The van der Waals surface area contributed by atoms with Crippen LogP contribution in [0.25, 0.3) is 0 Å². The molecule has 0 radical (unpaired) electrons. The Hall–Kier alpha value is -0.330. The summed E-state index contributed by atoms with van der Waals surface area (Å²) in [5.41, 5.74) is 1.86. The summed E-state index contributed by atoms with van der Waals surface area (Å²) in [7, 11) is 0. The zero-order valence-electron chi connectivity index (χ0n) is 16.0. The third-order valence-electron chi connectivity index (χ3n) is 5.72. The Labute approximate surface area is 134 Å². The van der Waals surface area contributed by atoms with Crippen LogP contribution in [0.3, 0.4) is 0 Å². The van der Waals surface area contributed by atoms with Crippen LogP contribution in [0.4, 0.5) is 0 Å². The van der Waals surface area contributed by atoms with E-state index in [1.54, 1.807) is 0 Å². The van der Waals surface area contributed by atoms with Crippen LogP contribution in [0, 0.1) is 35.0 Å². The maximum absolute atomic E-state index is 5.39. The maximum Gasteiger partial charge on any atom is 0.0553 e. The van der Waals surface area contributed by atoms with Crippen LogP contribution in [-0.4, -0.2) is 11.8 Å². The summed E-state index contributed by atoms with van der Waals surface area (Å²) in [5.74, 6) is 3.38. The van der Waals surface area contributed by atoms with E-state index in [0.717, 1.165) is 11.8 Å². The topological polar surface area (TPSA) is 12.4 Å². The molecule has 1 heteroatoms. The van der Waals surface area contributed by atoms with Crippen LogP contribution in [-0.2, 0) is 0 Å². The van der Waals surface area contributed by atoms with Crippen molar-refractivity contribution in [2.45, 2.75) is 87.6 Å². The van der Waals surface area contributed by atoms with Gasteiger partial charge in [0.2, 0.25) is 0 Å². The van der Waals surface area contributed by atoms with E-state index in [9.17, 15) is 0 Å². The average Bonchev–Trinajstić information content (AvgIpc) is 2.37. The molecule has 0 amide bonds. The second-order valence-corrected chi connectivity index (χ2v) is 8.58. The Morgan fingerprint density at radius 3 is 1.90 bits per heavy atom. The third kappa shape index (κ3) is 3.71. The van der Waals surface area contributed by atoms with Crippen molar-refractivity contribution in [1.29, 1.82) is 0 Å². The molecular weight excluding hydrogens is 254 g/mol. The van der Waals surface area contributed by atoms with Gasteiger partial charge in [-0.3, -0.25) is 4.99 Å². The number of aliphatic imine (C=N–C) groups is 1. The molecular formula is C20H39N. The summed E-state index contributed by atoms with van der Waals surface area (Å²) in [4.78, 5) is 5.39. The molecule has 0 aromatic rings. The third-order valence-corrected chi connectivity index (χ3v) is 5.72. The Kier molecular flexibility index (Phi) is 6.50. The number of hydrogen-bond donors (Lipinski definition) is 0. The first-order valence-electron chi connectivity index (χ1n) is 9.25. The highest BCUT2D eigenvalue weighted by molar-refractivity contribution is 5.93. The lowest BCUT2D eigenvalue weighted by Crippen LogP contribution is -2.49. The molecule has 0 bridgehead atoms. The normalized spacial score (nSPS) is 30.6. The molecule has 0 aromatic heterocycles. The Bertz CT molecular complexity index is 351. The first-order chi connectivity index (χ1) is 9.67. The molecule has 0 aromatic carbocycles. The van der Waals surface area contributed by atoms with Crippen molar-refractivity contribution in [2.75, 3.05) is 0 Å². The van der Waals surface area contributed by atoms with Gasteiger partial charge in [-0.25, -0.2) is 0 Å². The first kappa shape index (κ1) is 18.7. The Morgan fingerprint density at radius 2 is 1.57 bits per heavy atom. The summed E-state index contributed by atoms with van der Waals surface area (Å²) in [6.45, 7) is 21.4. The van der Waals surface area contributed by atoms with E-state index in [1.165, 1.54) is 25.0 Å². The SMILES string of the molecule is CCCC1(C(C)C)CC(C(C)C)C(C(C)C)N=C1C(C)C. The quantitative estimate of drug-likeness (QED) is 0.550.